The molecule has 1 unspecified atom stereocenters. The summed E-state index contributed by atoms with van der Waals surface area (Å²) in [4.78, 5) is 0. The largest absolute Gasteiger partial charge is 0.349 e. The van der Waals surface area contributed by atoms with Crippen LogP contribution in [-0.2, 0) is 7.05 Å². The van der Waals surface area contributed by atoms with Crippen molar-refractivity contribution >= 4 is 22.5 Å². The van der Waals surface area contributed by atoms with E-state index < -0.39 is 0 Å². The first-order valence-corrected chi connectivity index (χ1v) is 6.58. The summed E-state index contributed by atoms with van der Waals surface area (Å²) in [5, 5.41) is 5.50. The normalized spacial score (nSPS) is 20.9. The monoisotopic (exact) mass is 248 g/mol. The molecule has 17 heavy (non-hydrogen) atoms. The Morgan fingerprint density at radius 3 is 3.06 bits per heavy atom. The first kappa shape index (κ1) is 11.1. The Kier molecular flexibility index (Phi) is 2.85. The minimum atomic E-state index is 0.643. The standard InChI is InChI=1S/C14H17ClN2/c1-17-9-13(15)12-7-10(4-5-14(12)17)11-3-2-6-16-8-11/h4-5,7,9,11,16H,2-3,6,8H2,1H3. The summed E-state index contributed by atoms with van der Waals surface area (Å²) in [7, 11) is 2.04. The predicted molar refractivity (Wildman–Crippen MR) is 72.8 cm³/mol. The zero-order valence-electron chi connectivity index (χ0n) is 10.0. The lowest BCUT2D eigenvalue weighted by Gasteiger charge is -2.23. The average molecular weight is 249 g/mol. The second-order valence-corrected chi connectivity index (χ2v) is 5.32. The number of rotatable bonds is 1. The van der Waals surface area contributed by atoms with Gasteiger partial charge in [-0.15, -0.1) is 0 Å². The molecule has 3 rings (SSSR count). The summed E-state index contributed by atoms with van der Waals surface area (Å²) in [5.41, 5.74) is 2.63. The SMILES string of the molecule is Cn1cc(Cl)c2cc(C3CCCNC3)ccc21. The fourth-order valence-corrected chi connectivity index (χ4v) is 3.05. The molecule has 1 aliphatic heterocycles. The van der Waals surface area contributed by atoms with Gasteiger partial charge in [0, 0.05) is 30.7 Å². The second-order valence-electron chi connectivity index (χ2n) is 4.91. The van der Waals surface area contributed by atoms with Gasteiger partial charge >= 0.3 is 0 Å². The number of fused-ring (bicyclic) bond motifs is 1. The summed E-state index contributed by atoms with van der Waals surface area (Å²) < 4.78 is 2.08. The van der Waals surface area contributed by atoms with Crippen LogP contribution in [0.2, 0.25) is 5.02 Å². The molecule has 3 heteroatoms. The summed E-state index contributed by atoms with van der Waals surface area (Å²) >= 11 is 6.25. The number of nitrogens with zero attached hydrogens (tertiary/aromatic N) is 1. The molecule has 2 nitrogen and oxygen atoms in total. The zero-order chi connectivity index (χ0) is 11.8. The third kappa shape index (κ3) is 1.96. The van der Waals surface area contributed by atoms with Crippen LogP contribution in [0.15, 0.2) is 24.4 Å². The van der Waals surface area contributed by atoms with Crippen molar-refractivity contribution < 1.29 is 0 Å². The van der Waals surface area contributed by atoms with Crippen LogP contribution in [0.5, 0.6) is 0 Å². The molecule has 0 amide bonds. The van der Waals surface area contributed by atoms with Crippen molar-refractivity contribution in [3.8, 4) is 0 Å². The van der Waals surface area contributed by atoms with E-state index in [9.17, 15) is 0 Å². The second kappa shape index (κ2) is 4.35. The van der Waals surface area contributed by atoms with Crippen molar-refractivity contribution in [2.24, 2.45) is 7.05 Å². The highest BCUT2D eigenvalue weighted by atomic mass is 35.5. The van der Waals surface area contributed by atoms with Crippen LogP contribution in [-0.4, -0.2) is 17.7 Å². The molecular formula is C14H17ClN2. The highest BCUT2D eigenvalue weighted by Crippen LogP contribution is 2.30. The Balaban J connectivity index is 2.03. The van der Waals surface area contributed by atoms with Gasteiger partial charge in [-0.1, -0.05) is 17.7 Å². The van der Waals surface area contributed by atoms with Crippen LogP contribution >= 0.6 is 11.6 Å². The quantitative estimate of drug-likeness (QED) is 0.820. The van der Waals surface area contributed by atoms with Crippen molar-refractivity contribution in [1.82, 2.24) is 9.88 Å². The lowest BCUT2D eigenvalue weighted by Crippen LogP contribution is -2.28. The maximum absolute atomic E-state index is 6.25. The first-order valence-electron chi connectivity index (χ1n) is 6.21. The third-order valence-corrected chi connectivity index (χ3v) is 4.03. The van der Waals surface area contributed by atoms with Crippen LogP contribution in [0.25, 0.3) is 10.9 Å². The Morgan fingerprint density at radius 1 is 1.41 bits per heavy atom. The number of benzene rings is 1. The predicted octanol–water partition coefficient (Wildman–Crippen LogP) is 3.30. The highest BCUT2D eigenvalue weighted by molar-refractivity contribution is 6.35. The Hall–Kier alpha value is -0.990. The number of piperidine rings is 1. The zero-order valence-corrected chi connectivity index (χ0v) is 10.8. The highest BCUT2D eigenvalue weighted by Gasteiger charge is 2.16. The van der Waals surface area contributed by atoms with Gasteiger partial charge in [0.2, 0.25) is 0 Å². The van der Waals surface area contributed by atoms with Crippen LogP contribution in [0.4, 0.5) is 0 Å². The first-order chi connectivity index (χ1) is 8.25. The molecule has 1 fully saturated rings. The van der Waals surface area contributed by atoms with Gasteiger partial charge in [0.25, 0.3) is 0 Å². The molecule has 0 spiro atoms. The van der Waals surface area contributed by atoms with Crippen molar-refractivity contribution in [2.75, 3.05) is 13.1 Å². The molecule has 2 aromatic rings. The van der Waals surface area contributed by atoms with Gasteiger partial charge < -0.3 is 9.88 Å². The molecule has 90 valence electrons. The number of nitrogens with one attached hydrogen (secondary N) is 1. The van der Waals surface area contributed by atoms with Crippen LogP contribution in [0, 0.1) is 0 Å². The average Bonchev–Trinajstić information content (AvgIpc) is 2.66. The number of halogens is 1. The van der Waals surface area contributed by atoms with E-state index in [-0.39, 0.29) is 0 Å². The molecular weight excluding hydrogens is 232 g/mol. The summed E-state index contributed by atoms with van der Waals surface area (Å²) in [6.07, 6.45) is 4.53. The van der Waals surface area contributed by atoms with Gasteiger partial charge in [-0.05, 0) is 43.0 Å². The third-order valence-electron chi connectivity index (χ3n) is 3.73. The summed E-state index contributed by atoms with van der Waals surface area (Å²) in [5.74, 6) is 0.643. The summed E-state index contributed by atoms with van der Waals surface area (Å²) in [6, 6.07) is 6.69. The van der Waals surface area contributed by atoms with Crippen LogP contribution in [0.3, 0.4) is 0 Å². The van der Waals surface area contributed by atoms with Gasteiger partial charge in [-0.2, -0.15) is 0 Å². The molecule has 1 aromatic carbocycles. The minimum Gasteiger partial charge on any atom is -0.349 e. The Labute approximate surface area is 107 Å². The van der Waals surface area contributed by atoms with E-state index in [1.165, 1.54) is 29.3 Å². The number of hydrogen-bond donors (Lipinski definition) is 1. The van der Waals surface area contributed by atoms with Crippen LogP contribution in [0.1, 0.15) is 24.3 Å². The molecule has 1 atom stereocenters. The number of aryl methyl sites for hydroxylation is 1. The van der Waals surface area contributed by atoms with Crippen molar-refractivity contribution in [2.45, 2.75) is 18.8 Å². The van der Waals surface area contributed by atoms with E-state index in [4.69, 9.17) is 11.6 Å². The fraction of sp³-hybridized carbons (Fsp3) is 0.429. The maximum Gasteiger partial charge on any atom is 0.0661 e. The number of hydrogen-bond acceptors (Lipinski definition) is 1. The topological polar surface area (TPSA) is 17.0 Å². The van der Waals surface area contributed by atoms with Gasteiger partial charge in [0.05, 0.1) is 5.02 Å². The summed E-state index contributed by atoms with van der Waals surface area (Å²) in [6.45, 7) is 2.25. The lowest BCUT2D eigenvalue weighted by molar-refractivity contribution is 0.462. The van der Waals surface area contributed by atoms with Crippen LogP contribution < -0.4 is 5.32 Å². The van der Waals surface area contributed by atoms with E-state index in [1.54, 1.807) is 0 Å². The number of aromatic nitrogens is 1. The minimum absolute atomic E-state index is 0.643. The Morgan fingerprint density at radius 2 is 2.29 bits per heavy atom. The van der Waals surface area contributed by atoms with E-state index in [0.29, 0.717) is 5.92 Å². The molecule has 0 saturated carbocycles. The molecule has 1 N–H and O–H groups in total. The van der Waals surface area contributed by atoms with E-state index in [2.05, 4.69) is 28.1 Å². The smallest absolute Gasteiger partial charge is 0.0661 e. The van der Waals surface area contributed by atoms with E-state index in [0.717, 1.165) is 18.1 Å². The van der Waals surface area contributed by atoms with Crippen molar-refractivity contribution in [3.63, 3.8) is 0 Å². The molecule has 0 aliphatic carbocycles. The molecule has 1 aliphatic rings. The molecule has 1 saturated heterocycles. The van der Waals surface area contributed by atoms with Gasteiger partial charge in [-0.3, -0.25) is 0 Å². The van der Waals surface area contributed by atoms with Crippen molar-refractivity contribution in [1.29, 1.82) is 0 Å². The molecule has 2 heterocycles. The maximum atomic E-state index is 6.25. The van der Waals surface area contributed by atoms with Gasteiger partial charge in [0.1, 0.15) is 0 Å². The molecule has 0 radical (unpaired) electrons. The van der Waals surface area contributed by atoms with Gasteiger partial charge in [-0.25, -0.2) is 0 Å². The Bertz CT molecular complexity index is 538. The molecule has 1 aromatic heterocycles. The van der Waals surface area contributed by atoms with E-state index in [1.807, 2.05) is 13.2 Å². The van der Waals surface area contributed by atoms with Crippen molar-refractivity contribution in [3.05, 3.63) is 35.0 Å². The molecule has 0 bridgehead atoms. The van der Waals surface area contributed by atoms with Gasteiger partial charge in [0.15, 0.2) is 0 Å². The van der Waals surface area contributed by atoms with E-state index >= 15 is 0 Å². The fourth-order valence-electron chi connectivity index (χ4n) is 2.75. The lowest BCUT2D eigenvalue weighted by atomic mass is 9.91.